The predicted molar refractivity (Wildman–Crippen MR) is 73.8 cm³/mol. The Bertz CT molecular complexity index is 331. The molecule has 0 heterocycles. The second kappa shape index (κ2) is 7.81. The van der Waals surface area contributed by atoms with Gasteiger partial charge in [0, 0.05) is 19.7 Å². The van der Waals surface area contributed by atoms with E-state index in [2.05, 4.69) is 0 Å². The number of esters is 1. The third-order valence-corrected chi connectivity index (χ3v) is 2.11. The molecule has 0 aliphatic rings. The van der Waals surface area contributed by atoms with E-state index in [-0.39, 0.29) is 18.0 Å². The lowest BCUT2D eigenvalue weighted by Crippen LogP contribution is -2.36. The van der Waals surface area contributed by atoms with Crippen molar-refractivity contribution in [2.45, 2.75) is 40.2 Å². The van der Waals surface area contributed by atoms with Crippen molar-refractivity contribution in [1.29, 1.82) is 0 Å². The van der Waals surface area contributed by atoms with Crippen LogP contribution < -0.4 is 0 Å². The first kappa shape index (κ1) is 17.5. The average Bonchev–Trinajstić information content (AvgIpc) is 2.24. The molecule has 0 bridgehead atoms. The fraction of sp³-hybridized carbons (Fsp3) is 0.714. The first-order valence-electron chi connectivity index (χ1n) is 6.44. The SMILES string of the molecule is CCOC(=O)/C=C\C(C)CN(C)C(=O)OC(C)(C)C. The molecule has 5 heteroatoms. The monoisotopic (exact) mass is 271 g/mol. The molecule has 0 aromatic carbocycles. The molecule has 0 aliphatic carbocycles. The molecule has 110 valence electrons. The Balaban J connectivity index is 4.22. The van der Waals surface area contributed by atoms with Crippen LogP contribution in [0.15, 0.2) is 12.2 Å². The molecule has 0 fully saturated rings. The highest BCUT2D eigenvalue weighted by Crippen LogP contribution is 2.10. The molecule has 0 aromatic heterocycles. The molecule has 0 aromatic rings. The van der Waals surface area contributed by atoms with Gasteiger partial charge in [0.2, 0.25) is 0 Å². The van der Waals surface area contributed by atoms with Gasteiger partial charge in [0.05, 0.1) is 6.61 Å². The summed E-state index contributed by atoms with van der Waals surface area (Å²) in [5, 5.41) is 0. The van der Waals surface area contributed by atoms with Crippen LogP contribution in [0.4, 0.5) is 4.79 Å². The predicted octanol–water partition coefficient (Wildman–Crippen LogP) is 2.61. The van der Waals surface area contributed by atoms with Gasteiger partial charge in [-0.3, -0.25) is 0 Å². The van der Waals surface area contributed by atoms with Gasteiger partial charge in [-0.25, -0.2) is 9.59 Å². The Morgan fingerprint density at radius 2 is 1.89 bits per heavy atom. The maximum atomic E-state index is 11.7. The third-order valence-electron chi connectivity index (χ3n) is 2.11. The number of hydrogen-bond acceptors (Lipinski definition) is 4. The van der Waals surface area contributed by atoms with Gasteiger partial charge in [-0.15, -0.1) is 0 Å². The summed E-state index contributed by atoms with van der Waals surface area (Å²) >= 11 is 0. The number of nitrogens with zero attached hydrogens (tertiary/aromatic N) is 1. The number of amides is 1. The van der Waals surface area contributed by atoms with Gasteiger partial charge in [0.15, 0.2) is 0 Å². The minimum absolute atomic E-state index is 0.0434. The van der Waals surface area contributed by atoms with Gasteiger partial charge < -0.3 is 14.4 Å². The smallest absolute Gasteiger partial charge is 0.410 e. The molecule has 19 heavy (non-hydrogen) atoms. The van der Waals surface area contributed by atoms with Crippen LogP contribution in [0.1, 0.15) is 34.6 Å². The van der Waals surface area contributed by atoms with Crippen molar-refractivity contribution in [2.75, 3.05) is 20.2 Å². The first-order valence-corrected chi connectivity index (χ1v) is 6.44. The van der Waals surface area contributed by atoms with E-state index >= 15 is 0 Å². The Morgan fingerprint density at radius 1 is 1.32 bits per heavy atom. The van der Waals surface area contributed by atoms with E-state index in [0.29, 0.717) is 13.2 Å². The molecule has 0 saturated carbocycles. The number of rotatable bonds is 5. The summed E-state index contributed by atoms with van der Waals surface area (Å²) in [7, 11) is 1.67. The average molecular weight is 271 g/mol. The Morgan fingerprint density at radius 3 is 2.37 bits per heavy atom. The molecule has 0 N–H and O–H groups in total. The topological polar surface area (TPSA) is 55.8 Å². The van der Waals surface area contributed by atoms with Crippen LogP contribution in [0.5, 0.6) is 0 Å². The number of carbonyl (C=O) groups excluding carboxylic acids is 2. The quantitative estimate of drug-likeness (QED) is 0.569. The summed E-state index contributed by atoms with van der Waals surface area (Å²) in [4.78, 5) is 24.4. The highest BCUT2D eigenvalue weighted by Gasteiger charge is 2.20. The molecule has 0 saturated heterocycles. The summed E-state index contributed by atoms with van der Waals surface area (Å²) in [6.07, 6.45) is 2.74. The van der Waals surface area contributed by atoms with Crippen molar-refractivity contribution >= 4 is 12.1 Å². The highest BCUT2D eigenvalue weighted by molar-refractivity contribution is 5.81. The Kier molecular flexibility index (Phi) is 7.19. The molecule has 0 radical (unpaired) electrons. The van der Waals surface area contributed by atoms with E-state index < -0.39 is 5.60 Å². The molecular formula is C14H25NO4. The minimum Gasteiger partial charge on any atom is -0.463 e. The fourth-order valence-corrected chi connectivity index (χ4v) is 1.34. The van der Waals surface area contributed by atoms with Gasteiger partial charge in [0.25, 0.3) is 0 Å². The lowest BCUT2D eigenvalue weighted by molar-refractivity contribution is -0.137. The van der Waals surface area contributed by atoms with Crippen LogP contribution >= 0.6 is 0 Å². The van der Waals surface area contributed by atoms with Gasteiger partial charge >= 0.3 is 12.1 Å². The molecule has 1 atom stereocenters. The summed E-state index contributed by atoms with van der Waals surface area (Å²) in [6, 6.07) is 0. The van der Waals surface area contributed by atoms with Crippen molar-refractivity contribution in [3.8, 4) is 0 Å². The summed E-state index contributed by atoms with van der Waals surface area (Å²) in [6.45, 7) is 9.97. The summed E-state index contributed by atoms with van der Waals surface area (Å²) < 4.78 is 10.0. The van der Waals surface area contributed by atoms with Crippen LogP contribution in [0.25, 0.3) is 0 Å². The van der Waals surface area contributed by atoms with E-state index in [0.717, 1.165) is 0 Å². The van der Waals surface area contributed by atoms with Crippen LogP contribution in [0.3, 0.4) is 0 Å². The van der Waals surface area contributed by atoms with Crippen LogP contribution in [-0.2, 0) is 14.3 Å². The second-order valence-corrected chi connectivity index (χ2v) is 5.45. The van der Waals surface area contributed by atoms with Crippen molar-refractivity contribution in [2.24, 2.45) is 5.92 Å². The zero-order valence-corrected chi connectivity index (χ0v) is 12.7. The zero-order chi connectivity index (χ0) is 15.1. The zero-order valence-electron chi connectivity index (χ0n) is 12.7. The van der Waals surface area contributed by atoms with Gasteiger partial charge in [-0.05, 0) is 33.6 Å². The largest absolute Gasteiger partial charge is 0.463 e. The fourth-order valence-electron chi connectivity index (χ4n) is 1.34. The maximum absolute atomic E-state index is 11.7. The maximum Gasteiger partial charge on any atom is 0.410 e. The third kappa shape index (κ3) is 9.11. The van der Waals surface area contributed by atoms with Crippen molar-refractivity contribution in [3.05, 3.63) is 12.2 Å². The molecular weight excluding hydrogens is 246 g/mol. The number of hydrogen-bond donors (Lipinski definition) is 0. The van der Waals surface area contributed by atoms with Crippen molar-refractivity contribution in [1.82, 2.24) is 4.90 Å². The minimum atomic E-state index is -0.505. The van der Waals surface area contributed by atoms with Crippen LogP contribution in [0.2, 0.25) is 0 Å². The standard InChI is InChI=1S/C14H25NO4/c1-7-18-12(16)9-8-11(2)10-15(6)13(17)19-14(3,4)5/h8-9,11H,7,10H2,1-6H3/b9-8-. The number of ether oxygens (including phenoxy) is 2. The Hall–Kier alpha value is -1.52. The molecule has 1 amide bonds. The molecule has 0 rings (SSSR count). The van der Waals surface area contributed by atoms with Gasteiger partial charge in [-0.1, -0.05) is 13.0 Å². The Labute approximate surface area is 115 Å². The molecule has 0 spiro atoms. The lowest BCUT2D eigenvalue weighted by atomic mass is 10.1. The van der Waals surface area contributed by atoms with Crippen molar-refractivity contribution < 1.29 is 19.1 Å². The van der Waals surface area contributed by atoms with E-state index in [4.69, 9.17) is 9.47 Å². The molecule has 5 nitrogen and oxygen atoms in total. The summed E-state index contributed by atoms with van der Waals surface area (Å²) in [5.74, 6) is -0.323. The second-order valence-electron chi connectivity index (χ2n) is 5.45. The molecule has 0 aliphatic heterocycles. The lowest BCUT2D eigenvalue weighted by Gasteiger charge is -2.25. The summed E-state index contributed by atoms with van der Waals surface area (Å²) in [5.41, 5.74) is -0.505. The first-order chi connectivity index (χ1) is 8.65. The van der Waals surface area contributed by atoms with Gasteiger partial charge in [-0.2, -0.15) is 0 Å². The van der Waals surface area contributed by atoms with E-state index in [1.165, 1.54) is 11.0 Å². The van der Waals surface area contributed by atoms with E-state index in [9.17, 15) is 9.59 Å². The molecule has 1 unspecified atom stereocenters. The van der Waals surface area contributed by atoms with Crippen molar-refractivity contribution in [3.63, 3.8) is 0 Å². The van der Waals surface area contributed by atoms with Crippen LogP contribution in [0, 0.1) is 5.92 Å². The van der Waals surface area contributed by atoms with E-state index in [1.54, 1.807) is 20.0 Å². The van der Waals surface area contributed by atoms with E-state index in [1.807, 2.05) is 27.7 Å². The van der Waals surface area contributed by atoms with Gasteiger partial charge in [0.1, 0.15) is 5.60 Å². The van der Waals surface area contributed by atoms with Crippen LogP contribution in [-0.4, -0.2) is 42.8 Å². The number of carbonyl (C=O) groups is 2. The highest BCUT2D eigenvalue weighted by atomic mass is 16.6. The normalized spacial score (nSPS) is 13.2.